The van der Waals surface area contributed by atoms with E-state index in [0.29, 0.717) is 5.75 Å². The van der Waals surface area contributed by atoms with Crippen molar-refractivity contribution in [2.24, 2.45) is 0 Å². The highest BCUT2D eigenvalue weighted by molar-refractivity contribution is 6.30. The molecule has 0 aliphatic carbocycles. The number of nitrogens with one attached hydrogen (secondary N) is 1. The van der Waals surface area contributed by atoms with Crippen LogP contribution in [0, 0.1) is 5.82 Å². The Morgan fingerprint density at radius 3 is 2.22 bits per heavy atom. The molecule has 32 heavy (non-hydrogen) atoms. The van der Waals surface area contributed by atoms with Crippen LogP contribution in [0.5, 0.6) is 23.1 Å². The molecule has 2 aromatic carbocycles. The van der Waals surface area contributed by atoms with Crippen LogP contribution in [0.3, 0.4) is 0 Å². The molecule has 3 aromatic rings. The van der Waals surface area contributed by atoms with Gasteiger partial charge in [0.1, 0.15) is 17.2 Å². The molecule has 0 saturated heterocycles. The third kappa shape index (κ3) is 6.74. The number of carbonyl (C=O) groups excluding carboxylic acids is 1. The molecular weight excluding hydrogens is 456 g/mol. The number of halogens is 5. The SMILES string of the molecule is CC(Oc1ccc(Oc2ncc(Cl)cc2F)cc1)C(=O)Nc1ccc(OC(F)(F)F)cc1. The molecule has 0 bridgehead atoms. The van der Waals surface area contributed by atoms with E-state index >= 15 is 0 Å². The Morgan fingerprint density at radius 2 is 1.62 bits per heavy atom. The first-order chi connectivity index (χ1) is 15.1. The molecule has 0 aliphatic rings. The number of carbonyl (C=O) groups is 1. The molecule has 11 heteroatoms. The molecule has 1 amide bonds. The summed E-state index contributed by atoms with van der Waals surface area (Å²) in [6, 6.07) is 11.8. The number of ether oxygens (including phenoxy) is 3. The highest BCUT2D eigenvalue weighted by Gasteiger charge is 2.31. The first-order valence-electron chi connectivity index (χ1n) is 9.01. The van der Waals surface area contributed by atoms with Crippen LogP contribution in [0.2, 0.25) is 5.02 Å². The highest BCUT2D eigenvalue weighted by atomic mass is 35.5. The molecule has 1 unspecified atom stereocenters. The lowest BCUT2D eigenvalue weighted by atomic mass is 10.2. The summed E-state index contributed by atoms with van der Waals surface area (Å²) in [6.45, 7) is 1.49. The molecule has 3 rings (SSSR count). The molecule has 1 heterocycles. The number of anilines is 1. The van der Waals surface area contributed by atoms with Crippen LogP contribution in [-0.2, 0) is 4.79 Å². The Morgan fingerprint density at radius 1 is 1.03 bits per heavy atom. The van der Waals surface area contributed by atoms with Gasteiger partial charge in [0.15, 0.2) is 11.9 Å². The lowest BCUT2D eigenvalue weighted by molar-refractivity contribution is -0.274. The largest absolute Gasteiger partial charge is 0.573 e. The Hall–Kier alpha value is -3.53. The van der Waals surface area contributed by atoms with Gasteiger partial charge in [0.2, 0.25) is 0 Å². The van der Waals surface area contributed by atoms with E-state index in [0.717, 1.165) is 18.2 Å². The summed E-state index contributed by atoms with van der Waals surface area (Å²) in [5.41, 5.74) is 0.265. The van der Waals surface area contributed by atoms with Gasteiger partial charge in [0.25, 0.3) is 11.8 Å². The second-order valence-corrected chi connectivity index (χ2v) is 6.77. The lowest BCUT2D eigenvalue weighted by Crippen LogP contribution is -2.30. The van der Waals surface area contributed by atoms with Gasteiger partial charge in [-0.2, -0.15) is 0 Å². The predicted octanol–water partition coefficient (Wildman–Crippen LogP) is 5.97. The summed E-state index contributed by atoms with van der Waals surface area (Å²) in [5, 5.41) is 2.66. The van der Waals surface area contributed by atoms with Gasteiger partial charge in [-0.15, -0.1) is 13.2 Å². The van der Waals surface area contributed by atoms with Crippen molar-refractivity contribution >= 4 is 23.2 Å². The van der Waals surface area contributed by atoms with E-state index in [-0.39, 0.29) is 22.3 Å². The minimum absolute atomic E-state index is 0.136. The molecular formula is C21H15ClF4N2O4. The molecule has 1 atom stereocenters. The average Bonchev–Trinajstić information content (AvgIpc) is 2.72. The van der Waals surface area contributed by atoms with Crippen LogP contribution in [0.15, 0.2) is 60.8 Å². The summed E-state index contributed by atoms with van der Waals surface area (Å²) in [5.74, 6) is -1.29. The average molecular weight is 471 g/mol. The molecule has 1 aromatic heterocycles. The Labute approximate surface area is 184 Å². The number of rotatable bonds is 7. The quantitative estimate of drug-likeness (QED) is 0.431. The fourth-order valence-electron chi connectivity index (χ4n) is 2.42. The van der Waals surface area contributed by atoms with Gasteiger partial charge >= 0.3 is 6.36 Å². The standard InChI is InChI=1S/C21H15ClF4N2O4/c1-12(19(29)28-14-2-4-17(5-3-14)32-21(24,25)26)30-15-6-8-16(9-7-15)31-20-18(23)10-13(22)11-27-20/h2-12H,1H3,(H,28,29). The number of amides is 1. The summed E-state index contributed by atoms with van der Waals surface area (Å²) in [6.07, 6.45) is -4.48. The Kier molecular flexibility index (Phi) is 7.04. The summed E-state index contributed by atoms with van der Waals surface area (Å²) >= 11 is 5.64. The zero-order chi connectivity index (χ0) is 23.3. The molecule has 0 radical (unpaired) electrons. The molecule has 6 nitrogen and oxygen atoms in total. The van der Waals surface area contributed by atoms with Crippen LogP contribution >= 0.6 is 11.6 Å². The normalized spacial score (nSPS) is 12.1. The lowest BCUT2D eigenvalue weighted by Gasteiger charge is -2.15. The maximum absolute atomic E-state index is 13.8. The van der Waals surface area contributed by atoms with E-state index in [2.05, 4.69) is 15.0 Å². The minimum atomic E-state index is -4.80. The van der Waals surface area contributed by atoms with Crippen molar-refractivity contribution in [1.82, 2.24) is 4.98 Å². The van der Waals surface area contributed by atoms with Gasteiger partial charge in [-0.25, -0.2) is 9.37 Å². The number of aromatic nitrogens is 1. The van der Waals surface area contributed by atoms with E-state index in [1.165, 1.54) is 49.5 Å². The van der Waals surface area contributed by atoms with Crippen LogP contribution in [0.1, 0.15) is 6.92 Å². The number of nitrogens with zero attached hydrogens (tertiary/aromatic N) is 1. The van der Waals surface area contributed by atoms with Gasteiger partial charge < -0.3 is 19.5 Å². The first-order valence-corrected chi connectivity index (χ1v) is 9.39. The monoisotopic (exact) mass is 470 g/mol. The molecule has 0 aliphatic heterocycles. The van der Waals surface area contributed by atoms with Crippen molar-refractivity contribution in [3.63, 3.8) is 0 Å². The molecule has 0 saturated carbocycles. The second kappa shape index (κ2) is 9.73. The number of hydrogen-bond acceptors (Lipinski definition) is 5. The number of alkyl halides is 3. The fraction of sp³-hybridized carbons (Fsp3) is 0.143. The summed E-state index contributed by atoms with van der Waals surface area (Å²) in [7, 11) is 0. The number of hydrogen-bond donors (Lipinski definition) is 1. The topological polar surface area (TPSA) is 69.7 Å². The second-order valence-electron chi connectivity index (χ2n) is 6.34. The van der Waals surface area contributed by atoms with E-state index in [4.69, 9.17) is 21.1 Å². The molecule has 1 N–H and O–H groups in total. The Balaban J connectivity index is 1.54. The van der Waals surface area contributed by atoms with E-state index in [1.807, 2.05) is 0 Å². The smallest absolute Gasteiger partial charge is 0.481 e. The van der Waals surface area contributed by atoms with E-state index < -0.39 is 29.9 Å². The molecule has 0 fully saturated rings. The molecule has 0 spiro atoms. The van der Waals surface area contributed by atoms with Gasteiger partial charge in [-0.3, -0.25) is 4.79 Å². The van der Waals surface area contributed by atoms with Crippen molar-refractivity contribution in [3.8, 4) is 23.1 Å². The highest BCUT2D eigenvalue weighted by Crippen LogP contribution is 2.27. The number of benzene rings is 2. The molecule has 168 valence electrons. The zero-order valence-electron chi connectivity index (χ0n) is 16.3. The van der Waals surface area contributed by atoms with E-state index in [1.54, 1.807) is 0 Å². The van der Waals surface area contributed by atoms with Crippen LogP contribution in [0.4, 0.5) is 23.2 Å². The van der Waals surface area contributed by atoms with Crippen LogP contribution < -0.4 is 19.5 Å². The van der Waals surface area contributed by atoms with Crippen molar-refractivity contribution in [1.29, 1.82) is 0 Å². The maximum Gasteiger partial charge on any atom is 0.573 e. The van der Waals surface area contributed by atoms with Crippen molar-refractivity contribution in [2.75, 3.05) is 5.32 Å². The third-order valence-electron chi connectivity index (χ3n) is 3.85. The van der Waals surface area contributed by atoms with E-state index in [9.17, 15) is 22.4 Å². The van der Waals surface area contributed by atoms with Crippen LogP contribution in [-0.4, -0.2) is 23.4 Å². The van der Waals surface area contributed by atoms with Crippen molar-refractivity contribution in [2.45, 2.75) is 19.4 Å². The zero-order valence-corrected chi connectivity index (χ0v) is 17.1. The Bertz CT molecular complexity index is 1080. The fourth-order valence-corrected chi connectivity index (χ4v) is 2.56. The van der Waals surface area contributed by atoms with Gasteiger partial charge in [0, 0.05) is 11.9 Å². The minimum Gasteiger partial charge on any atom is -0.481 e. The summed E-state index contributed by atoms with van der Waals surface area (Å²) < 4.78 is 65.0. The van der Waals surface area contributed by atoms with Gasteiger partial charge in [-0.1, -0.05) is 11.6 Å². The maximum atomic E-state index is 13.8. The number of pyridine rings is 1. The third-order valence-corrected chi connectivity index (χ3v) is 4.06. The summed E-state index contributed by atoms with van der Waals surface area (Å²) in [4.78, 5) is 16.0. The predicted molar refractivity (Wildman–Crippen MR) is 108 cm³/mol. The van der Waals surface area contributed by atoms with Crippen LogP contribution in [0.25, 0.3) is 0 Å². The van der Waals surface area contributed by atoms with Gasteiger partial charge in [0.05, 0.1) is 5.02 Å². The first kappa shape index (κ1) is 23.1. The van der Waals surface area contributed by atoms with Crippen molar-refractivity contribution < 1.29 is 36.6 Å². The van der Waals surface area contributed by atoms with Gasteiger partial charge in [-0.05, 0) is 61.5 Å². The van der Waals surface area contributed by atoms with Crippen molar-refractivity contribution in [3.05, 3.63) is 71.6 Å².